The summed E-state index contributed by atoms with van der Waals surface area (Å²) in [7, 11) is 0. The molecule has 5 heteroatoms. The minimum atomic E-state index is -0.913. The van der Waals surface area contributed by atoms with Crippen molar-refractivity contribution in [1.82, 2.24) is 5.32 Å². The minimum absolute atomic E-state index is 0.451. The Morgan fingerprint density at radius 3 is 2.41 bits per heavy atom. The first kappa shape index (κ1) is 12.7. The van der Waals surface area contributed by atoms with Crippen molar-refractivity contribution >= 4 is 29.2 Å². The number of hydrogen-bond acceptors (Lipinski definition) is 2. The van der Waals surface area contributed by atoms with Gasteiger partial charge in [-0.2, -0.15) is 0 Å². The average Bonchev–Trinajstić information content (AvgIpc) is 2.99. The van der Waals surface area contributed by atoms with Gasteiger partial charge in [0.15, 0.2) is 0 Å². The molecule has 92 valence electrons. The Hall–Kier alpha value is -0.770. The number of carboxylic acid groups (broad SMARTS) is 1. The second-order valence-corrected chi connectivity index (χ2v) is 5.20. The van der Waals surface area contributed by atoms with Crippen molar-refractivity contribution in [3.63, 3.8) is 0 Å². The van der Waals surface area contributed by atoms with Crippen molar-refractivity contribution in [1.29, 1.82) is 0 Å². The molecule has 1 atom stereocenters. The largest absolute Gasteiger partial charge is 0.480 e. The van der Waals surface area contributed by atoms with Gasteiger partial charge in [0.25, 0.3) is 0 Å². The Labute approximate surface area is 110 Å². The number of rotatable bonds is 5. The molecule has 0 unspecified atom stereocenters. The van der Waals surface area contributed by atoms with E-state index >= 15 is 0 Å². The highest BCUT2D eigenvalue weighted by Gasteiger charge is 2.26. The number of halogens is 2. The first-order valence-corrected chi connectivity index (χ1v) is 6.24. The van der Waals surface area contributed by atoms with Crippen molar-refractivity contribution in [3.8, 4) is 0 Å². The average molecular weight is 274 g/mol. The predicted octanol–water partition coefficient (Wildman–Crippen LogP) is 3.12. The van der Waals surface area contributed by atoms with Crippen LogP contribution in [0.2, 0.25) is 10.0 Å². The molecule has 0 bridgehead atoms. The zero-order valence-corrected chi connectivity index (χ0v) is 10.6. The standard InChI is InChI=1S/C12H13Cl2NO2/c13-9-3-8(4-10(14)5-9)11(12(16)17)15-6-7-1-2-7/h3-5,7,11,15H,1-2,6H2,(H,16,17)/t11-/m0/s1. The van der Waals surface area contributed by atoms with E-state index in [4.69, 9.17) is 23.2 Å². The fourth-order valence-corrected chi connectivity index (χ4v) is 2.24. The molecule has 1 fully saturated rings. The van der Waals surface area contributed by atoms with Crippen molar-refractivity contribution in [3.05, 3.63) is 33.8 Å². The highest BCUT2D eigenvalue weighted by Crippen LogP contribution is 2.29. The van der Waals surface area contributed by atoms with E-state index in [2.05, 4.69) is 5.32 Å². The quantitative estimate of drug-likeness (QED) is 0.867. The first-order valence-electron chi connectivity index (χ1n) is 5.48. The molecule has 0 spiro atoms. The summed E-state index contributed by atoms with van der Waals surface area (Å²) in [5.41, 5.74) is 0.593. The Morgan fingerprint density at radius 2 is 1.94 bits per heavy atom. The summed E-state index contributed by atoms with van der Waals surface area (Å²) in [6, 6.07) is 4.11. The lowest BCUT2D eigenvalue weighted by atomic mass is 10.1. The van der Waals surface area contributed by atoms with E-state index < -0.39 is 12.0 Å². The third kappa shape index (κ3) is 3.60. The molecular weight excluding hydrogens is 261 g/mol. The summed E-state index contributed by atoms with van der Waals surface area (Å²) in [6.45, 7) is 0.723. The third-order valence-corrected chi connectivity index (χ3v) is 3.21. The number of carboxylic acids is 1. The SMILES string of the molecule is O=C(O)[C@@H](NCC1CC1)c1cc(Cl)cc(Cl)c1. The molecule has 1 saturated carbocycles. The number of carbonyl (C=O) groups is 1. The highest BCUT2D eigenvalue weighted by molar-refractivity contribution is 6.34. The Morgan fingerprint density at radius 1 is 1.35 bits per heavy atom. The van der Waals surface area contributed by atoms with Crippen LogP contribution < -0.4 is 5.32 Å². The Bertz CT molecular complexity index is 412. The normalized spacial score (nSPS) is 16.8. The van der Waals surface area contributed by atoms with Gasteiger partial charge in [-0.1, -0.05) is 23.2 Å². The molecule has 1 aromatic carbocycles. The van der Waals surface area contributed by atoms with Crippen molar-refractivity contribution in [2.24, 2.45) is 5.92 Å². The fourth-order valence-electron chi connectivity index (χ4n) is 1.70. The van der Waals surface area contributed by atoms with E-state index in [9.17, 15) is 9.90 Å². The molecule has 0 aromatic heterocycles. The summed E-state index contributed by atoms with van der Waals surface area (Å²) in [6.07, 6.45) is 2.35. The lowest BCUT2D eigenvalue weighted by Crippen LogP contribution is -2.30. The van der Waals surface area contributed by atoms with Gasteiger partial charge in [-0.05, 0) is 49.1 Å². The summed E-state index contributed by atoms with van der Waals surface area (Å²) >= 11 is 11.7. The highest BCUT2D eigenvalue weighted by atomic mass is 35.5. The molecule has 0 heterocycles. The van der Waals surface area contributed by atoms with Gasteiger partial charge >= 0.3 is 5.97 Å². The first-order chi connectivity index (χ1) is 8.06. The van der Waals surface area contributed by atoms with Crippen LogP contribution in [0.5, 0.6) is 0 Å². The second kappa shape index (κ2) is 5.25. The van der Waals surface area contributed by atoms with E-state index in [1.54, 1.807) is 18.2 Å². The van der Waals surface area contributed by atoms with Gasteiger partial charge in [-0.15, -0.1) is 0 Å². The number of nitrogens with one attached hydrogen (secondary N) is 1. The molecule has 3 nitrogen and oxygen atoms in total. The lowest BCUT2D eigenvalue weighted by molar-refractivity contribution is -0.139. The monoisotopic (exact) mass is 273 g/mol. The lowest BCUT2D eigenvalue weighted by Gasteiger charge is -2.15. The van der Waals surface area contributed by atoms with E-state index in [-0.39, 0.29) is 0 Å². The molecule has 0 saturated heterocycles. The van der Waals surface area contributed by atoms with Crippen LogP contribution in [-0.2, 0) is 4.79 Å². The zero-order valence-electron chi connectivity index (χ0n) is 9.12. The molecule has 1 aliphatic carbocycles. The number of hydrogen-bond donors (Lipinski definition) is 2. The van der Waals surface area contributed by atoms with E-state index in [1.807, 2.05) is 0 Å². The Kier molecular flexibility index (Phi) is 3.92. The van der Waals surface area contributed by atoms with Crippen LogP contribution >= 0.6 is 23.2 Å². The molecule has 2 rings (SSSR count). The van der Waals surface area contributed by atoms with Crippen molar-refractivity contribution in [2.75, 3.05) is 6.54 Å². The minimum Gasteiger partial charge on any atom is -0.480 e. The predicted molar refractivity (Wildman–Crippen MR) is 67.6 cm³/mol. The topological polar surface area (TPSA) is 49.3 Å². The summed E-state index contributed by atoms with van der Waals surface area (Å²) in [5, 5.41) is 13.1. The van der Waals surface area contributed by atoms with Crippen LogP contribution in [0, 0.1) is 5.92 Å². The fraction of sp³-hybridized carbons (Fsp3) is 0.417. The van der Waals surface area contributed by atoms with Crippen LogP contribution in [0.25, 0.3) is 0 Å². The van der Waals surface area contributed by atoms with Crippen molar-refractivity contribution in [2.45, 2.75) is 18.9 Å². The molecule has 17 heavy (non-hydrogen) atoms. The van der Waals surface area contributed by atoms with Gasteiger partial charge in [-0.25, -0.2) is 0 Å². The second-order valence-electron chi connectivity index (χ2n) is 4.33. The van der Waals surface area contributed by atoms with Crippen LogP contribution in [0.4, 0.5) is 0 Å². The number of aliphatic carboxylic acids is 1. The van der Waals surface area contributed by atoms with Gasteiger partial charge in [0.05, 0.1) is 0 Å². The van der Waals surface area contributed by atoms with Gasteiger partial charge in [0.2, 0.25) is 0 Å². The summed E-state index contributed by atoms with van der Waals surface area (Å²) in [5.74, 6) is -0.296. The van der Waals surface area contributed by atoms with Gasteiger partial charge in [-0.3, -0.25) is 4.79 Å². The van der Waals surface area contributed by atoms with Crippen LogP contribution in [0.15, 0.2) is 18.2 Å². The maximum atomic E-state index is 11.2. The van der Waals surface area contributed by atoms with E-state index in [0.29, 0.717) is 21.5 Å². The number of benzene rings is 1. The van der Waals surface area contributed by atoms with E-state index in [1.165, 1.54) is 12.8 Å². The molecule has 1 aliphatic rings. The Balaban J connectivity index is 2.14. The zero-order chi connectivity index (χ0) is 12.4. The van der Waals surface area contributed by atoms with Crippen LogP contribution in [0.3, 0.4) is 0 Å². The molecule has 0 radical (unpaired) electrons. The summed E-state index contributed by atoms with van der Waals surface area (Å²) in [4.78, 5) is 11.2. The maximum Gasteiger partial charge on any atom is 0.325 e. The molecule has 2 N–H and O–H groups in total. The maximum absolute atomic E-state index is 11.2. The van der Waals surface area contributed by atoms with Crippen LogP contribution in [0.1, 0.15) is 24.4 Å². The summed E-state index contributed by atoms with van der Waals surface area (Å²) < 4.78 is 0. The molecule has 0 amide bonds. The van der Waals surface area contributed by atoms with Crippen LogP contribution in [-0.4, -0.2) is 17.6 Å². The van der Waals surface area contributed by atoms with Crippen molar-refractivity contribution < 1.29 is 9.90 Å². The molecule has 1 aromatic rings. The van der Waals surface area contributed by atoms with Gasteiger partial charge < -0.3 is 10.4 Å². The third-order valence-electron chi connectivity index (χ3n) is 2.77. The molecule has 0 aliphatic heterocycles. The van der Waals surface area contributed by atoms with Gasteiger partial charge in [0.1, 0.15) is 6.04 Å². The van der Waals surface area contributed by atoms with Gasteiger partial charge in [0, 0.05) is 10.0 Å². The smallest absolute Gasteiger partial charge is 0.325 e. The molecular formula is C12H13Cl2NO2. The van der Waals surface area contributed by atoms with E-state index in [0.717, 1.165) is 6.54 Å².